The van der Waals surface area contributed by atoms with Crippen molar-refractivity contribution in [3.05, 3.63) is 84.0 Å². The number of rotatable bonds is 6. The fraction of sp³-hybridized carbons (Fsp3) is 0.167. The molecule has 0 bridgehead atoms. The number of nitrogens with one attached hydrogen (secondary N) is 1. The first-order valence-electron chi connectivity index (χ1n) is 7.53. The van der Waals surface area contributed by atoms with E-state index in [2.05, 4.69) is 5.32 Å². The van der Waals surface area contributed by atoms with Gasteiger partial charge < -0.3 is 19.1 Å². The Morgan fingerprint density at radius 3 is 2.21 bits per heavy atom. The number of amides is 2. The molecule has 124 valence electrons. The third-order valence-electron chi connectivity index (χ3n) is 3.47. The summed E-state index contributed by atoms with van der Waals surface area (Å²) in [6, 6.07) is 13.0. The summed E-state index contributed by atoms with van der Waals surface area (Å²) in [5.74, 6) is 1.01. The summed E-state index contributed by atoms with van der Waals surface area (Å²) in [5.41, 5.74) is 0.694. The summed E-state index contributed by atoms with van der Waals surface area (Å²) in [6.45, 7) is 0.856. The molecule has 2 heterocycles. The Bertz CT molecular complexity index is 733. The molecule has 0 aliphatic carbocycles. The lowest BCUT2D eigenvalue weighted by atomic mass is 10.2. The first-order valence-corrected chi connectivity index (χ1v) is 7.53. The van der Waals surface area contributed by atoms with Crippen LogP contribution in [0.25, 0.3) is 0 Å². The van der Waals surface area contributed by atoms with Gasteiger partial charge in [-0.05, 0) is 42.0 Å². The van der Waals surface area contributed by atoms with E-state index in [1.807, 2.05) is 0 Å². The molecule has 0 fully saturated rings. The van der Waals surface area contributed by atoms with Crippen molar-refractivity contribution in [3.8, 4) is 0 Å². The molecule has 0 radical (unpaired) electrons. The largest absolute Gasteiger partial charge is 0.467 e. The molecule has 0 atom stereocenters. The Balaban J connectivity index is 1.65. The van der Waals surface area contributed by atoms with Gasteiger partial charge in [0.25, 0.3) is 0 Å². The number of halogens is 1. The lowest BCUT2D eigenvalue weighted by Gasteiger charge is -2.21. The van der Waals surface area contributed by atoms with E-state index < -0.39 is 0 Å². The van der Waals surface area contributed by atoms with Crippen molar-refractivity contribution in [2.24, 2.45) is 0 Å². The molecule has 2 amide bonds. The van der Waals surface area contributed by atoms with Gasteiger partial charge in [-0.25, -0.2) is 9.18 Å². The van der Waals surface area contributed by atoms with Crippen LogP contribution in [0.15, 0.2) is 69.9 Å². The van der Waals surface area contributed by atoms with Crippen LogP contribution in [0.4, 0.5) is 9.18 Å². The second-order valence-corrected chi connectivity index (χ2v) is 5.30. The van der Waals surface area contributed by atoms with E-state index in [0.29, 0.717) is 30.2 Å². The highest BCUT2D eigenvalue weighted by Crippen LogP contribution is 2.12. The van der Waals surface area contributed by atoms with Crippen LogP contribution in [0, 0.1) is 5.82 Å². The maximum Gasteiger partial charge on any atom is 0.318 e. The van der Waals surface area contributed by atoms with Gasteiger partial charge in [0.2, 0.25) is 0 Å². The van der Waals surface area contributed by atoms with Gasteiger partial charge in [-0.1, -0.05) is 12.1 Å². The summed E-state index contributed by atoms with van der Waals surface area (Å²) in [7, 11) is 0. The standard InChI is InChI=1S/C18H17FN2O3/c19-15-5-1-4-14(10-15)11-20-18(22)21(12-16-6-2-8-23-16)13-17-7-3-9-24-17/h1-10H,11-13H2,(H,20,22). The predicted molar refractivity (Wildman–Crippen MR) is 85.3 cm³/mol. The number of benzene rings is 1. The highest BCUT2D eigenvalue weighted by Gasteiger charge is 2.17. The van der Waals surface area contributed by atoms with Gasteiger partial charge in [0.15, 0.2) is 0 Å². The fourth-order valence-corrected chi connectivity index (χ4v) is 2.32. The Morgan fingerprint density at radius 2 is 1.67 bits per heavy atom. The molecule has 0 unspecified atom stereocenters. The Labute approximate surface area is 138 Å². The van der Waals surface area contributed by atoms with Crippen LogP contribution in [-0.2, 0) is 19.6 Å². The van der Waals surface area contributed by atoms with E-state index in [4.69, 9.17) is 8.83 Å². The summed E-state index contributed by atoms with van der Waals surface area (Å²) in [5, 5.41) is 2.79. The SMILES string of the molecule is O=C(NCc1cccc(F)c1)N(Cc1ccco1)Cc1ccco1. The third-order valence-corrected chi connectivity index (χ3v) is 3.47. The van der Waals surface area contributed by atoms with Crippen molar-refractivity contribution in [2.45, 2.75) is 19.6 Å². The van der Waals surface area contributed by atoms with Crippen LogP contribution in [0.3, 0.4) is 0 Å². The zero-order valence-corrected chi connectivity index (χ0v) is 12.9. The molecule has 0 saturated heterocycles. The van der Waals surface area contributed by atoms with Crippen LogP contribution in [0.5, 0.6) is 0 Å². The average molecular weight is 328 g/mol. The average Bonchev–Trinajstić information content (AvgIpc) is 3.26. The van der Waals surface area contributed by atoms with E-state index in [-0.39, 0.29) is 18.4 Å². The van der Waals surface area contributed by atoms with Gasteiger partial charge in [-0.2, -0.15) is 0 Å². The van der Waals surface area contributed by atoms with E-state index >= 15 is 0 Å². The lowest BCUT2D eigenvalue weighted by molar-refractivity contribution is 0.181. The van der Waals surface area contributed by atoms with Crippen LogP contribution >= 0.6 is 0 Å². The van der Waals surface area contributed by atoms with E-state index in [1.165, 1.54) is 12.1 Å². The normalized spacial score (nSPS) is 10.5. The van der Waals surface area contributed by atoms with Crippen molar-refractivity contribution < 1.29 is 18.0 Å². The zero-order chi connectivity index (χ0) is 16.8. The minimum Gasteiger partial charge on any atom is -0.467 e. The highest BCUT2D eigenvalue weighted by molar-refractivity contribution is 5.74. The van der Waals surface area contributed by atoms with Gasteiger partial charge in [-0.3, -0.25) is 0 Å². The van der Waals surface area contributed by atoms with E-state index in [1.54, 1.807) is 53.8 Å². The smallest absolute Gasteiger partial charge is 0.318 e. The maximum atomic E-state index is 13.2. The van der Waals surface area contributed by atoms with Crippen molar-refractivity contribution in [2.75, 3.05) is 0 Å². The fourth-order valence-electron chi connectivity index (χ4n) is 2.32. The van der Waals surface area contributed by atoms with Gasteiger partial charge in [0.1, 0.15) is 17.3 Å². The highest BCUT2D eigenvalue weighted by atomic mass is 19.1. The number of hydrogen-bond donors (Lipinski definition) is 1. The molecule has 2 aromatic heterocycles. The molecular formula is C18H17FN2O3. The van der Waals surface area contributed by atoms with E-state index in [9.17, 15) is 9.18 Å². The molecule has 24 heavy (non-hydrogen) atoms. The van der Waals surface area contributed by atoms with Crippen molar-refractivity contribution >= 4 is 6.03 Å². The molecule has 1 aromatic carbocycles. The number of hydrogen-bond acceptors (Lipinski definition) is 3. The van der Waals surface area contributed by atoms with Gasteiger partial charge in [0, 0.05) is 6.54 Å². The number of nitrogens with zero attached hydrogens (tertiary/aromatic N) is 1. The first-order chi connectivity index (χ1) is 11.7. The molecule has 6 heteroatoms. The first kappa shape index (κ1) is 15.9. The molecule has 3 rings (SSSR count). The Kier molecular flexibility index (Phi) is 4.96. The summed E-state index contributed by atoms with van der Waals surface area (Å²) in [4.78, 5) is 14.1. The van der Waals surface area contributed by atoms with Crippen molar-refractivity contribution in [1.29, 1.82) is 0 Å². The molecule has 3 aromatic rings. The Hall–Kier alpha value is -3.02. The third kappa shape index (κ3) is 4.25. The van der Waals surface area contributed by atoms with Gasteiger partial charge >= 0.3 is 6.03 Å². The monoisotopic (exact) mass is 328 g/mol. The minimum absolute atomic E-state index is 0.239. The molecule has 5 nitrogen and oxygen atoms in total. The lowest BCUT2D eigenvalue weighted by Crippen LogP contribution is -2.38. The molecule has 0 aliphatic heterocycles. The minimum atomic E-state index is -0.329. The second kappa shape index (κ2) is 7.50. The molecular weight excluding hydrogens is 311 g/mol. The topological polar surface area (TPSA) is 58.6 Å². The van der Waals surface area contributed by atoms with Gasteiger partial charge in [0.05, 0.1) is 25.6 Å². The van der Waals surface area contributed by atoms with Crippen LogP contribution in [0.1, 0.15) is 17.1 Å². The molecule has 0 aliphatic rings. The van der Waals surface area contributed by atoms with Crippen LogP contribution < -0.4 is 5.32 Å². The van der Waals surface area contributed by atoms with Crippen molar-refractivity contribution in [1.82, 2.24) is 10.2 Å². The number of carbonyl (C=O) groups excluding carboxylic acids is 1. The Morgan fingerprint density at radius 1 is 1.00 bits per heavy atom. The molecule has 0 spiro atoms. The van der Waals surface area contributed by atoms with Crippen LogP contribution in [-0.4, -0.2) is 10.9 Å². The summed E-state index contributed by atoms with van der Waals surface area (Å²) >= 11 is 0. The zero-order valence-electron chi connectivity index (χ0n) is 12.9. The predicted octanol–water partition coefficient (Wildman–Crippen LogP) is 3.92. The molecule has 0 saturated carbocycles. The van der Waals surface area contributed by atoms with Crippen LogP contribution in [0.2, 0.25) is 0 Å². The van der Waals surface area contributed by atoms with E-state index in [0.717, 1.165) is 0 Å². The number of furan rings is 2. The number of carbonyl (C=O) groups is 1. The maximum absolute atomic E-state index is 13.2. The van der Waals surface area contributed by atoms with Crippen molar-refractivity contribution in [3.63, 3.8) is 0 Å². The second-order valence-electron chi connectivity index (χ2n) is 5.30. The molecule has 1 N–H and O–H groups in total. The van der Waals surface area contributed by atoms with Gasteiger partial charge in [-0.15, -0.1) is 0 Å². The quantitative estimate of drug-likeness (QED) is 0.746. The number of urea groups is 1. The summed E-state index contributed by atoms with van der Waals surface area (Å²) in [6.07, 6.45) is 3.12. The summed E-state index contributed by atoms with van der Waals surface area (Å²) < 4.78 is 23.8.